The van der Waals surface area contributed by atoms with E-state index in [2.05, 4.69) is 5.32 Å². The number of benzene rings is 1. The van der Waals surface area contributed by atoms with E-state index in [0.29, 0.717) is 11.6 Å². The van der Waals surface area contributed by atoms with Crippen LogP contribution >= 0.6 is 11.6 Å². The lowest BCUT2D eigenvalue weighted by Gasteiger charge is -2.06. The summed E-state index contributed by atoms with van der Waals surface area (Å²) in [4.78, 5) is 11.6. The van der Waals surface area contributed by atoms with E-state index in [0.717, 1.165) is 19.3 Å². The fraction of sp³-hybridized carbons (Fsp3) is 0.417. The molecule has 5 heteroatoms. The van der Waals surface area contributed by atoms with Crippen LogP contribution in [0.2, 0.25) is 5.02 Å². The molecule has 1 aromatic carbocycles. The van der Waals surface area contributed by atoms with E-state index in [1.807, 2.05) is 0 Å². The summed E-state index contributed by atoms with van der Waals surface area (Å²) < 4.78 is 0. The molecule has 0 radical (unpaired) electrons. The Hall–Kier alpha value is -1.26. The second kappa shape index (κ2) is 7.14. The van der Waals surface area contributed by atoms with Crippen LogP contribution in [0.15, 0.2) is 18.2 Å². The van der Waals surface area contributed by atoms with Crippen LogP contribution in [0.5, 0.6) is 5.75 Å². The van der Waals surface area contributed by atoms with E-state index in [1.165, 1.54) is 12.1 Å². The number of carbonyl (C=O) groups excluding carboxylic acids is 1. The van der Waals surface area contributed by atoms with Crippen molar-refractivity contribution in [3.05, 3.63) is 28.8 Å². The van der Waals surface area contributed by atoms with Gasteiger partial charge in [-0.15, -0.1) is 0 Å². The maximum absolute atomic E-state index is 11.6. The van der Waals surface area contributed by atoms with Gasteiger partial charge in [0.15, 0.2) is 0 Å². The molecule has 1 amide bonds. The third-order valence-corrected chi connectivity index (χ3v) is 2.56. The molecular weight excluding hydrogens is 242 g/mol. The summed E-state index contributed by atoms with van der Waals surface area (Å²) in [5.74, 6) is -0.437. The van der Waals surface area contributed by atoms with Crippen LogP contribution in [0.4, 0.5) is 0 Å². The van der Waals surface area contributed by atoms with Gasteiger partial charge in [-0.1, -0.05) is 11.6 Å². The Kier molecular flexibility index (Phi) is 5.80. The largest absolute Gasteiger partial charge is 0.507 e. The average Bonchev–Trinajstić information content (AvgIpc) is 2.28. The van der Waals surface area contributed by atoms with E-state index in [1.54, 1.807) is 6.07 Å². The minimum absolute atomic E-state index is 0.120. The number of nitrogens with one attached hydrogen (secondary N) is 1. The third kappa shape index (κ3) is 4.63. The lowest BCUT2D eigenvalue weighted by molar-refractivity contribution is 0.0950. The number of amides is 1. The molecule has 94 valence electrons. The van der Waals surface area contributed by atoms with Crippen LogP contribution in [0.25, 0.3) is 0 Å². The molecule has 0 bridgehead atoms. The lowest BCUT2D eigenvalue weighted by Crippen LogP contribution is -2.24. The van der Waals surface area contributed by atoms with Crippen molar-refractivity contribution in [1.82, 2.24) is 5.32 Å². The molecule has 0 saturated heterocycles. The minimum atomic E-state index is -0.317. The Bertz CT molecular complexity index is 382. The highest BCUT2D eigenvalue weighted by atomic mass is 35.5. The average molecular weight is 258 g/mol. The van der Waals surface area contributed by atoms with Gasteiger partial charge >= 0.3 is 0 Å². The minimum Gasteiger partial charge on any atom is -0.507 e. The van der Waals surface area contributed by atoms with Gasteiger partial charge in [0.2, 0.25) is 0 Å². The number of aromatic hydroxyl groups is 1. The maximum atomic E-state index is 11.6. The van der Waals surface area contributed by atoms with Crippen molar-refractivity contribution in [2.24, 2.45) is 0 Å². The third-order valence-electron chi connectivity index (χ3n) is 2.32. The summed E-state index contributed by atoms with van der Waals surface area (Å²) in [5, 5.41) is 21.2. The Morgan fingerprint density at radius 2 is 2.06 bits per heavy atom. The second-order valence-electron chi connectivity index (χ2n) is 3.70. The summed E-state index contributed by atoms with van der Waals surface area (Å²) in [6.07, 6.45) is 2.41. The number of rotatable bonds is 6. The van der Waals surface area contributed by atoms with E-state index < -0.39 is 0 Å². The first-order valence-electron chi connectivity index (χ1n) is 5.52. The molecule has 0 aliphatic rings. The molecule has 4 nitrogen and oxygen atoms in total. The standard InChI is InChI=1S/C12H16ClNO3/c13-9-4-5-10(11(16)8-9)12(17)14-6-2-1-3-7-15/h4-5,8,15-16H,1-3,6-7H2,(H,14,17). The number of halogens is 1. The number of phenolic OH excluding ortho intramolecular Hbond substituents is 1. The molecule has 3 N–H and O–H groups in total. The zero-order chi connectivity index (χ0) is 12.7. The molecule has 0 fully saturated rings. The summed E-state index contributed by atoms with van der Waals surface area (Å²) >= 11 is 5.67. The van der Waals surface area contributed by atoms with Crippen molar-refractivity contribution in [3.63, 3.8) is 0 Å². The van der Waals surface area contributed by atoms with Gasteiger partial charge in [-0.05, 0) is 37.5 Å². The van der Waals surface area contributed by atoms with Crippen molar-refractivity contribution in [1.29, 1.82) is 0 Å². The first-order chi connectivity index (χ1) is 8.15. The summed E-state index contributed by atoms with van der Waals surface area (Å²) in [7, 11) is 0. The molecule has 0 spiro atoms. The SMILES string of the molecule is O=C(NCCCCCO)c1ccc(Cl)cc1O. The lowest BCUT2D eigenvalue weighted by atomic mass is 10.2. The van der Waals surface area contributed by atoms with Crippen molar-refractivity contribution < 1.29 is 15.0 Å². The molecule has 0 aliphatic carbocycles. The zero-order valence-corrected chi connectivity index (χ0v) is 10.2. The second-order valence-corrected chi connectivity index (χ2v) is 4.14. The van der Waals surface area contributed by atoms with Gasteiger partial charge in [-0.3, -0.25) is 4.79 Å². The van der Waals surface area contributed by atoms with Gasteiger partial charge in [-0.25, -0.2) is 0 Å². The molecule has 0 aliphatic heterocycles. The number of unbranched alkanes of at least 4 members (excludes halogenated alkanes) is 2. The molecule has 0 aromatic heterocycles. The van der Waals surface area contributed by atoms with Crippen LogP contribution in [0, 0.1) is 0 Å². The van der Waals surface area contributed by atoms with E-state index in [9.17, 15) is 9.90 Å². The molecule has 1 aromatic rings. The molecule has 17 heavy (non-hydrogen) atoms. The topological polar surface area (TPSA) is 69.6 Å². The quantitative estimate of drug-likeness (QED) is 0.682. The molecular formula is C12H16ClNO3. The van der Waals surface area contributed by atoms with Gasteiger partial charge in [-0.2, -0.15) is 0 Å². The first-order valence-corrected chi connectivity index (χ1v) is 5.90. The number of aliphatic hydroxyl groups excluding tert-OH is 1. The van der Waals surface area contributed by atoms with E-state index in [4.69, 9.17) is 16.7 Å². The Morgan fingerprint density at radius 1 is 1.29 bits per heavy atom. The molecule has 0 atom stereocenters. The van der Waals surface area contributed by atoms with Crippen LogP contribution in [0.3, 0.4) is 0 Å². The van der Waals surface area contributed by atoms with Crippen LogP contribution in [-0.2, 0) is 0 Å². The van der Waals surface area contributed by atoms with Crippen LogP contribution in [0.1, 0.15) is 29.6 Å². The number of aliphatic hydroxyl groups is 1. The summed E-state index contributed by atoms with van der Waals surface area (Å²) in [6, 6.07) is 4.38. The molecule has 0 heterocycles. The zero-order valence-electron chi connectivity index (χ0n) is 9.45. The van der Waals surface area contributed by atoms with Crippen molar-refractivity contribution in [2.45, 2.75) is 19.3 Å². The fourth-order valence-corrected chi connectivity index (χ4v) is 1.57. The number of hydrogen-bond donors (Lipinski definition) is 3. The first kappa shape index (κ1) is 13.8. The highest BCUT2D eigenvalue weighted by Crippen LogP contribution is 2.21. The molecule has 1 rings (SSSR count). The smallest absolute Gasteiger partial charge is 0.255 e. The van der Waals surface area contributed by atoms with E-state index >= 15 is 0 Å². The summed E-state index contributed by atoms with van der Waals surface area (Å²) in [5.41, 5.74) is 0.219. The molecule has 0 unspecified atom stereocenters. The van der Waals surface area contributed by atoms with Crippen molar-refractivity contribution in [2.75, 3.05) is 13.2 Å². The van der Waals surface area contributed by atoms with Gasteiger partial charge < -0.3 is 15.5 Å². The Balaban J connectivity index is 2.42. The predicted octanol–water partition coefficient (Wildman–Crippen LogP) is 1.94. The van der Waals surface area contributed by atoms with Crippen LogP contribution < -0.4 is 5.32 Å². The van der Waals surface area contributed by atoms with Gasteiger partial charge in [0.05, 0.1) is 5.56 Å². The maximum Gasteiger partial charge on any atom is 0.255 e. The van der Waals surface area contributed by atoms with Crippen LogP contribution in [-0.4, -0.2) is 29.3 Å². The van der Waals surface area contributed by atoms with Gasteiger partial charge in [0.25, 0.3) is 5.91 Å². The number of carbonyl (C=O) groups is 1. The number of phenols is 1. The van der Waals surface area contributed by atoms with Gasteiger partial charge in [0.1, 0.15) is 5.75 Å². The van der Waals surface area contributed by atoms with Gasteiger partial charge in [0, 0.05) is 18.2 Å². The Labute approximate surface area is 105 Å². The monoisotopic (exact) mass is 257 g/mol. The predicted molar refractivity (Wildman–Crippen MR) is 66.4 cm³/mol. The number of hydrogen-bond acceptors (Lipinski definition) is 3. The van der Waals surface area contributed by atoms with Crippen molar-refractivity contribution in [3.8, 4) is 5.75 Å². The normalized spacial score (nSPS) is 10.2. The Morgan fingerprint density at radius 3 is 2.71 bits per heavy atom. The summed E-state index contributed by atoms with van der Waals surface area (Å²) in [6.45, 7) is 0.701. The highest BCUT2D eigenvalue weighted by molar-refractivity contribution is 6.30. The van der Waals surface area contributed by atoms with Crippen molar-refractivity contribution >= 4 is 17.5 Å². The molecule has 0 saturated carbocycles. The fourth-order valence-electron chi connectivity index (χ4n) is 1.41. The highest BCUT2D eigenvalue weighted by Gasteiger charge is 2.10. The van der Waals surface area contributed by atoms with E-state index in [-0.39, 0.29) is 23.8 Å².